The van der Waals surface area contributed by atoms with Gasteiger partial charge in [-0.2, -0.15) is 4.52 Å². The van der Waals surface area contributed by atoms with Crippen LogP contribution in [0.5, 0.6) is 17.4 Å². The number of methoxy groups -OCH3 is 1. The van der Waals surface area contributed by atoms with E-state index in [1.54, 1.807) is 23.8 Å². The average Bonchev–Trinajstić information content (AvgIpc) is 3.24. The molecule has 0 aliphatic rings. The number of ether oxygens (including phenoxy) is 3. The van der Waals surface area contributed by atoms with Crippen molar-refractivity contribution in [3.63, 3.8) is 0 Å². The van der Waals surface area contributed by atoms with Crippen molar-refractivity contribution in [1.29, 1.82) is 0 Å². The van der Waals surface area contributed by atoms with Gasteiger partial charge < -0.3 is 19.5 Å². The molecule has 0 saturated carbocycles. The van der Waals surface area contributed by atoms with Gasteiger partial charge in [0.05, 0.1) is 13.7 Å². The molecule has 2 aromatic heterocycles. The number of nitrogens with zero attached hydrogens (tertiary/aromatic N) is 4. The van der Waals surface area contributed by atoms with Crippen LogP contribution in [0.2, 0.25) is 0 Å². The number of aromatic nitrogens is 4. The number of hydrogen-bond acceptors (Lipinski definition) is 7. The molecule has 0 unspecified atom stereocenters. The van der Waals surface area contributed by atoms with E-state index < -0.39 is 0 Å². The Morgan fingerprint density at radius 2 is 1.84 bits per heavy atom. The Hall–Kier alpha value is -4.14. The molecule has 32 heavy (non-hydrogen) atoms. The minimum Gasteiger partial charge on any atom is -0.497 e. The molecule has 0 saturated heterocycles. The maximum absolute atomic E-state index is 12.0. The van der Waals surface area contributed by atoms with Crippen LogP contribution in [0.15, 0.2) is 60.7 Å². The van der Waals surface area contributed by atoms with E-state index in [0.29, 0.717) is 35.4 Å². The minimum absolute atomic E-state index is 0.0573. The quantitative estimate of drug-likeness (QED) is 0.405. The SMILES string of the molecule is COc1cccc(-c2nnc3ccc(OCCNC(=O)COc4cccc(C)c4)nn23)c1. The van der Waals surface area contributed by atoms with Crippen LogP contribution >= 0.6 is 0 Å². The third-order valence-corrected chi connectivity index (χ3v) is 4.60. The van der Waals surface area contributed by atoms with Crippen LogP contribution in [-0.4, -0.2) is 52.6 Å². The predicted molar refractivity (Wildman–Crippen MR) is 118 cm³/mol. The molecule has 0 spiro atoms. The fourth-order valence-electron chi connectivity index (χ4n) is 3.04. The first-order valence-electron chi connectivity index (χ1n) is 10.1. The summed E-state index contributed by atoms with van der Waals surface area (Å²) < 4.78 is 18.0. The number of hydrogen-bond donors (Lipinski definition) is 1. The van der Waals surface area contributed by atoms with Crippen LogP contribution in [0.1, 0.15) is 5.56 Å². The highest BCUT2D eigenvalue weighted by atomic mass is 16.5. The second kappa shape index (κ2) is 9.78. The Morgan fingerprint density at radius 1 is 1.00 bits per heavy atom. The largest absolute Gasteiger partial charge is 0.497 e. The van der Waals surface area contributed by atoms with Gasteiger partial charge in [-0.15, -0.1) is 15.3 Å². The zero-order chi connectivity index (χ0) is 22.3. The van der Waals surface area contributed by atoms with E-state index in [2.05, 4.69) is 20.6 Å². The van der Waals surface area contributed by atoms with E-state index in [1.807, 2.05) is 55.5 Å². The van der Waals surface area contributed by atoms with Crippen molar-refractivity contribution < 1.29 is 19.0 Å². The Kier molecular flexibility index (Phi) is 6.45. The summed E-state index contributed by atoms with van der Waals surface area (Å²) in [6, 6.07) is 18.5. The van der Waals surface area contributed by atoms with Crippen LogP contribution in [0, 0.1) is 6.92 Å². The van der Waals surface area contributed by atoms with Crippen molar-refractivity contribution >= 4 is 11.6 Å². The van der Waals surface area contributed by atoms with Gasteiger partial charge in [-0.25, -0.2) is 0 Å². The molecule has 1 amide bonds. The number of carbonyl (C=O) groups excluding carboxylic acids is 1. The number of rotatable bonds is 9. The lowest BCUT2D eigenvalue weighted by molar-refractivity contribution is -0.123. The summed E-state index contributed by atoms with van der Waals surface area (Å²) in [5.41, 5.74) is 2.49. The Balaban J connectivity index is 1.31. The molecular weight excluding hydrogens is 410 g/mol. The van der Waals surface area contributed by atoms with E-state index in [4.69, 9.17) is 14.2 Å². The smallest absolute Gasteiger partial charge is 0.258 e. The van der Waals surface area contributed by atoms with Gasteiger partial charge in [-0.1, -0.05) is 24.3 Å². The molecule has 2 aromatic carbocycles. The van der Waals surface area contributed by atoms with Gasteiger partial charge in [0.15, 0.2) is 18.1 Å². The Morgan fingerprint density at radius 3 is 2.69 bits per heavy atom. The number of benzene rings is 2. The second-order valence-corrected chi connectivity index (χ2v) is 7.00. The molecule has 1 N–H and O–H groups in total. The van der Waals surface area contributed by atoms with Crippen molar-refractivity contribution in [2.45, 2.75) is 6.92 Å². The Labute approximate surface area is 185 Å². The third kappa shape index (κ3) is 5.12. The van der Waals surface area contributed by atoms with Gasteiger partial charge >= 0.3 is 0 Å². The summed E-state index contributed by atoms with van der Waals surface area (Å²) in [5.74, 6) is 2.12. The van der Waals surface area contributed by atoms with Crippen molar-refractivity contribution in [2.75, 3.05) is 26.9 Å². The minimum atomic E-state index is -0.224. The predicted octanol–water partition coefficient (Wildman–Crippen LogP) is 2.68. The Bertz CT molecular complexity index is 1220. The molecule has 4 aromatic rings. The third-order valence-electron chi connectivity index (χ3n) is 4.60. The lowest BCUT2D eigenvalue weighted by Crippen LogP contribution is -2.32. The summed E-state index contributed by atoms with van der Waals surface area (Å²) in [6.07, 6.45) is 0. The monoisotopic (exact) mass is 433 g/mol. The lowest BCUT2D eigenvalue weighted by atomic mass is 10.2. The first-order valence-corrected chi connectivity index (χ1v) is 10.1. The van der Waals surface area contributed by atoms with Crippen LogP contribution in [0.4, 0.5) is 0 Å². The molecule has 0 atom stereocenters. The highest BCUT2D eigenvalue weighted by molar-refractivity contribution is 5.77. The van der Waals surface area contributed by atoms with E-state index in [-0.39, 0.29) is 19.1 Å². The number of amides is 1. The first kappa shape index (κ1) is 21.1. The zero-order valence-corrected chi connectivity index (χ0v) is 17.8. The van der Waals surface area contributed by atoms with E-state index >= 15 is 0 Å². The molecule has 9 nitrogen and oxygen atoms in total. The van der Waals surface area contributed by atoms with Crippen LogP contribution in [-0.2, 0) is 4.79 Å². The van der Waals surface area contributed by atoms with Crippen molar-refractivity contribution in [3.05, 3.63) is 66.2 Å². The fourth-order valence-corrected chi connectivity index (χ4v) is 3.04. The molecule has 2 heterocycles. The second-order valence-electron chi connectivity index (χ2n) is 7.00. The van der Waals surface area contributed by atoms with E-state index in [1.165, 1.54) is 0 Å². The molecule has 0 aliphatic carbocycles. The van der Waals surface area contributed by atoms with Gasteiger partial charge in [0, 0.05) is 11.6 Å². The van der Waals surface area contributed by atoms with Gasteiger partial charge in [-0.05, 0) is 42.8 Å². The highest BCUT2D eigenvalue weighted by Gasteiger charge is 2.11. The van der Waals surface area contributed by atoms with Crippen LogP contribution < -0.4 is 19.5 Å². The molecular formula is C23H23N5O4. The molecule has 0 radical (unpaired) electrons. The van der Waals surface area contributed by atoms with E-state index in [0.717, 1.165) is 11.1 Å². The molecule has 4 rings (SSSR count). The van der Waals surface area contributed by atoms with Crippen molar-refractivity contribution in [1.82, 2.24) is 25.1 Å². The first-order chi connectivity index (χ1) is 15.6. The average molecular weight is 433 g/mol. The lowest BCUT2D eigenvalue weighted by Gasteiger charge is -2.09. The van der Waals surface area contributed by atoms with Gasteiger partial charge in [0.1, 0.15) is 18.1 Å². The molecule has 164 valence electrons. The zero-order valence-electron chi connectivity index (χ0n) is 17.8. The van der Waals surface area contributed by atoms with E-state index in [9.17, 15) is 4.79 Å². The molecule has 0 aliphatic heterocycles. The maximum Gasteiger partial charge on any atom is 0.258 e. The van der Waals surface area contributed by atoms with Crippen LogP contribution in [0.3, 0.4) is 0 Å². The summed E-state index contributed by atoms with van der Waals surface area (Å²) in [4.78, 5) is 12.0. The standard InChI is InChI=1S/C23H23N5O4/c1-16-5-3-8-19(13-16)32-15-21(29)24-11-12-31-22-10-9-20-25-26-23(28(20)27-22)17-6-4-7-18(14-17)30-2/h3-10,13-14H,11-12,15H2,1-2H3,(H,24,29). The number of carbonyl (C=O) groups is 1. The number of aryl methyl sites for hydroxylation is 1. The number of nitrogens with one attached hydrogen (secondary N) is 1. The van der Waals surface area contributed by atoms with Gasteiger partial charge in [0.2, 0.25) is 5.88 Å². The molecule has 0 bridgehead atoms. The number of fused-ring (bicyclic) bond motifs is 1. The highest BCUT2D eigenvalue weighted by Crippen LogP contribution is 2.23. The molecule has 0 fully saturated rings. The van der Waals surface area contributed by atoms with Crippen molar-refractivity contribution in [3.8, 4) is 28.8 Å². The molecule has 9 heteroatoms. The summed E-state index contributed by atoms with van der Waals surface area (Å²) in [5, 5.41) is 15.6. The topological polar surface area (TPSA) is 99.9 Å². The summed E-state index contributed by atoms with van der Waals surface area (Å²) in [6.45, 7) is 2.49. The van der Waals surface area contributed by atoms with Gasteiger partial charge in [0.25, 0.3) is 5.91 Å². The summed E-state index contributed by atoms with van der Waals surface area (Å²) in [7, 11) is 1.61. The normalized spacial score (nSPS) is 10.7. The summed E-state index contributed by atoms with van der Waals surface area (Å²) >= 11 is 0. The van der Waals surface area contributed by atoms with Crippen molar-refractivity contribution in [2.24, 2.45) is 0 Å². The van der Waals surface area contributed by atoms with Crippen LogP contribution in [0.25, 0.3) is 17.0 Å². The van der Waals surface area contributed by atoms with Gasteiger partial charge in [-0.3, -0.25) is 4.79 Å². The fraction of sp³-hybridized carbons (Fsp3) is 0.217. The maximum atomic E-state index is 12.0.